The van der Waals surface area contributed by atoms with Gasteiger partial charge in [-0.05, 0) is 38.3 Å². The van der Waals surface area contributed by atoms with Crippen molar-refractivity contribution in [3.8, 4) is 5.75 Å². The van der Waals surface area contributed by atoms with Crippen LogP contribution in [0, 0.1) is 6.92 Å². The quantitative estimate of drug-likeness (QED) is 0.780. The van der Waals surface area contributed by atoms with Crippen molar-refractivity contribution < 1.29 is 19.1 Å². The topological polar surface area (TPSA) is 64.6 Å². The molecule has 21 heavy (non-hydrogen) atoms. The van der Waals surface area contributed by atoms with Gasteiger partial charge in [-0.25, -0.2) is 0 Å². The molecule has 0 bridgehead atoms. The van der Waals surface area contributed by atoms with Crippen molar-refractivity contribution in [1.82, 2.24) is 5.32 Å². The number of benzene rings is 1. The lowest BCUT2D eigenvalue weighted by Crippen LogP contribution is -2.37. The number of rotatable bonds is 7. The fourth-order valence-corrected chi connectivity index (χ4v) is 1.82. The third-order valence-electron chi connectivity index (χ3n) is 3.26. The molecule has 0 heterocycles. The minimum atomic E-state index is -0.753. The Hall–Kier alpha value is -2.04. The lowest BCUT2D eigenvalue weighted by Gasteiger charge is -2.13. The molecule has 114 valence electrons. The largest absolute Gasteiger partial charge is 0.493 e. The Kier molecular flexibility index (Phi) is 5.20. The van der Waals surface area contributed by atoms with Crippen LogP contribution in [-0.2, 0) is 14.3 Å². The van der Waals surface area contributed by atoms with E-state index >= 15 is 0 Å². The Morgan fingerprint density at radius 3 is 2.71 bits per heavy atom. The molecule has 0 unspecified atom stereocenters. The lowest BCUT2D eigenvalue weighted by molar-refractivity contribution is -0.155. The highest BCUT2D eigenvalue weighted by molar-refractivity contribution is 5.83. The molecule has 0 saturated heterocycles. The molecule has 0 aromatic heterocycles. The second kappa shape index (κ2) is 7.11. The van der Waals surface area contributed by atoms with E-state index in [0.29, 0.717) is 0 Å². The number of nitrogens with one attached hydrogen (secondary N) is 1. The summed E-state index contributed by atoms with van der Waals surface area (Å²) >= 11 is 0. The van der Waals surface area contributed by atoms with Gasteiger partial charge >= 0.3 is 5.97 Å². The normalized spacial score (nSPS) is 15.1. The van der Waals surface area contributed by atoms with Crippen LogP contribution >= 0.6 is 0 Å². The summed E-state index contributed by atoms with van der Waals surface area (Å²) in [4.78, 5) is 23.3. The molecule has 5 heteroatoms. The molecule has 0 radical (unpaired) electrons. The number of carbonyl (C=O) groups excluding carboxylic acids is 2. The molecule has 1 aromatic carbocycles. The molecule has 1 saturated carbocycles. The molecule has 1 fully saturated rings. The van der Waals surface area contributed by atoms with Crippen molar-refractivity contribution >= 4 is 11.9 Å². The summed E-state index contributed by atoms with van der Waals surface area (Å²) in [5.41, 5.74) is 1.02. The summed E-state index contributed by atoms with van der Waals surface area (Å²) in [5.74, 6) is 0.0949. The average molecular weight is 291 g/mol. The first-order valence-electron chi connectivity index (χ1n) is 7.24. The summed E-state index contributed by atoms with van der Waals surface area (Å²) in [6, 6.07) is 7.87. The van der Waals surface area contributed by atoms with Crippen molar-refractivity contribution in [2.24, 2.45) is 0 Å². The molecule has 1 aliphatic carbocycles. The van der Waals surface area contributed by atoms with Gasteiger partial charge in [0.05, 0.1) is 13.0 Å². The maximum atomic E-state index is 11.7. The second-order valence-electron chi connectivity index (χ2n) is 5.28. The third-order valence-corrected chi connectivity index (χ3v) is 3.26. The first-order chi connectivity index (χ1) is 10.1. The second-order valence-corrected chi connectivity index (χ2v) is 5.28. The van der Waals surface area contributed by atoms with E-state index in [4.69, 9.17) is 9.47 Å². The van der Waals surface area contributed by atoms with Gasteiger partial charge in [0, 0.05) is 6.04 Å². The van der Waals surface area contributed by atoms with Crippen LogP contribution in [0.2, 0.25) is 0 Å². The van der Waals surface area contributed by atoms with Crippen molar-refractivity contribution in [1.29, 1.82) is 0 Å². The van der Waals surface area contributed by atoms with Gasteiger partial charge in [0.1, 0.15) is 5.75 Å². The maximum Gasteiger partial charge on any atom is 0.310 e. The number of aryl methyl sites for hydroxylation is 1. The Labute approximate surface area is 124 Å². The fraction of sp³-hybridized carbons (Fsp3) is 0.500. The van der Waals surface area contributed by atoms with E-state index < -0.39 is 12.1 Å². The van der Waals surface area contributed by atoms with Crippen molar-refractivity contribution in [2.75, 3.05) is 6.61 Å². The third kappa shape index (κ3) is 5.10. The zero-order valence-corrected chi connectivity index (χ0v) is 12.4. The Morgan fingerprint density at radius 1 is 1.33 bits per heavy atom. The molecule has 0 aliphatic heterocycles. The number of ether oxygens (including phenoxy) is 2. The number of para-hydroxylation sites is 1. The van der Waals surface area contributed by atoms with Crippen LogP contribution in [-0.4, -0.2) is 30.6 Å². The van der Waals surface area contributed by atoms with E-state index in [9.17, 15) is 9.59 Å². The Bertz CT molecular complexity index is 511. The highest BCUT2D eigenvalue weighted by atomic mass is 16.5. The van der Waals surface area contributed by atoms with E-state index in [1.54, 1.807) is 6.92 Å². The molecule has 1 N–H and O–H groups in total. The predicted molar refractivity (Wildman–Crippen MR) is 78.0 cm³/mol. The summed E-state index contributed by atoms with van der Waals surface area (Å²) in [6.45, 7) is 3.76. The van der Waals surface area contributed by atoms with Gasteiger partial charge in [-0.15, -0.1) is 0 Å². The molecule has 1 aliphatic rings. The van der Waals surface area contributed by atoms with Gasteiger partial charge in [0.2, 0.25) is 0 Å². The molecule has 2 rings (SSSR count). The average Bonchev–Trinajstić information content (AvgIpc) is 3.24. The highest BCUT2D eigenvalue weighted by Crippen LogP contribution is 2.19. The highest BCUT2D eigenvalue weighted by Gasteiger charge is 2.27. The van der Waals surface area contributed by atoms with Crippen LogP contribution < -0.4 is 10.1 Å². The van der Waals surface area contributed by atoms with E-state index in [1.807, 2.05) is 31.2 Å². The predicted octanol–water partition coefficient (Wildman–Crippen LogP) is 1.97. The number of amides is 1. The zero-order valence-electron chi connectivity index (χ0n) is 12.4. The number of esters is 1. The molecular weight excluding hydrogens is 270 g/mol. The van der Waals surface area contributed by atoms with Gasteiger partial charge < -0.3 is 14.8 Å². The minimum absolute atomic E-state index is 0.120. The van der Waals surface area contributed by atoms with E-state index in [1.165, 1.54) is 0 Å². The standard InChI is InChI=1S/C16H21NO4/c1-11-5-3-4-6-14(11)20-10-9-15(18)21-12(2)16(19)17-13-7-8-13/h3-6,12-13H,7-10H2,1-2H3,(H,17,19)/t12-/m0/s1. The maximum absolute atomic E-state index is 11.7. The van der Waals surface area contributed by atoms with Gasteiger partial charge in [-0.1, -0.05) is 18.2 Å². The van der Waals surface area contributed by atoms with Crippen LogP contribution in [0.1, 0.15) is 31.7 Å². The minimum Gasteiger partial charge on any atom is -0.493 e. The molecule has 5 nitrogen and oxygen atoms in total. The van der Waals surface area contributed by atoms with E-state index in [-0.39, 0.29) is 25.0 Å². The van der Waals surface area contributed by atoms with E-state index in [2.05, 4.69) is 5.32 Å². The molecular formula is C16H21NO4. The first kappa shape index (κ1) is 15.4. The van der Waals surface area contributed by atoms with Crippen LogP contribution in [0.15, 0.2) is 24.3 Å². The monoisotopic (exact) mass is 291 g/mol. The summed E-state index contributed by atoms with van der Waals surface area (Å²) in [5, 5.41) is 2.80. The molecule has 1 aromatic rings. The Morgan fingerprint density at radius 2 is 2.05 bits per heavy atom. The lowest BCUT2D eigenvalue weighted by atomic mass is 10.2. The van der Waals surface area contributed by atoms with Crippen LogP contribution in [0.3, 0.4) is 0 Å². The smallest absolute Gasteiger partial charge is 0.310 e. The molecule has 0 spiro atoms. The summed E-state index contributed by atoms with van der Waals surface area (Å²) < 4.78 is 10.6. The van der Waals surface area contributed by atoms with Crippen molar-refractivity contribution in [3.63, 3.8) is 0 Å². The van der Waals surface area contributed by atoms with Crippen LogP contribution in [0.25, 0.3) is 0 Å². The first-order valence-corrected chi connectivity index (χ1v) is 7.24. The summed E-state index contributed by atoms with van der Waals surface area (Å²) in [7, 11) is 0. The SMILES string of the molecule is Cc1ccccc1OCCC(=O)O[C@@H](C)C(=O)NC1CC1. The zero-order chi connectivity index (χ0) is 15.2. The molecule has 1 amide bonds. The van der Waals surface area contributed by atoms with Crippen LogP contribution in [0.5, 0.6) is 5.75 Å². The summed E-state index contributed by atoms with van der Waals surface area (Å²) in [6.07, 6.45) is 1.39. The van der Waals surface area contributed by atoms with Gasteiger partial charge in [0.25, 0.3) is 5.91 Å². The van der Waals surface area contributed by atoms with Crippen LogP contribution in [0.4, 0.5) is 0 Å². The van der Waals surface area contributed by atoms with Crippen molar-refractivity contribution in [3.05, 3.63) is 29.8 Å². The van der Waals surface area contributed by atoms with Gasteiger partial charge in [-0.2, -0.15) is 0 Å². The fourth-order valence-electron chi connectivity index (χ4n) is 1.82. The van der Waals surface area contributed by atoms with E-state index in [0.717, 1.165) is 24.2 Å². The number of carbonyl (C=O) groups is 2. The molecule has 1 atom stereocenters. The van der Waals surface area contributed by atoms with Gasteiger partial charge in [0.15, 0.2) is 6.10 Å². The Balaban J connectivity index is 1.67. The number of hydrogen-bond donors (Lipinski definition) is 1. The number of hydrogen-bond acceptors (Lipinski definition) is 4. The van der Waals surface area contributed by atoms with Crippen molar-refractivity contribution in [2.45, 2.75) is 45.3 Å². The van der Waals surface area contributed by atoms with Gasteiger partial charge in [-0.3, -0.25) is 9.59 Å².